The largest absolute Gasteiger partial charge is 0.354 e. The van der Waals surface area contributed by atoms with Crippen LogP contribution in [0.2, 0.25) is 0 Å². The van der Waals surface area contributed by atoms with Crippen LogP contribution in [0, 0.1) is 11.7 Å². The number of carbonyl (C=O) groups is 1. The third kappa shape index (κ3) is 3.22. The topological polar surface area (TPSA) is 81.8 Å². The van der Waals surface area contributed by atoms with E-state index in [-0.39, 0.29) is 29.7 Å². The molecule has 0 saturated heterocycles. The summed E-state index contributed by atoms with van der Waals surface area (Å²) in [7, 11) is 0. The Morgan fingerprint density at radius 3 is 2.88 bits per heavy atom. The molecule has 0 radical (unpaired) electrons. The number of benzene rings is 1. The van der Waals surface area contributed by atoms with Crippen molar-refractivity contribution < 1.29 is 9.18 Å². The molecule has 3 aromatic rings. The number of nitrogens with zero attached hydrogens (tertiary/aromatic N) is 4. The molecular weight excluding hydrogens is 337 g/mol. The molecule has 7 nitrogen and oxygen atoms in total. The highest BCUT2D eigenvalue weighted by atomic mass is 19.1. The fraction of sp³-hybridized carbons (Fsp3) is 0.333. The number of hydrogen-bond acceptors (Lipinski definition) is 4. The monoisotopic (exact) mass is 355 g/mol. The van der Waals surface area contributed by atoms with Crippen molar-refractivity contribution in [3.8, 4) is 0 Å². The second-order valence-electron chi connectivity index (χ2n) is 6.44. The van der Waals surface area contributed by atoms with Gasteiger partial charge in [-0.1, -0.05) is 18.2 Å². The Balaban J connectivity index is 1.52. The zero-order valence-electron chi connectivity index (χ0n) is 14.1. The third-order valence-electron chi connectivity index (χ3n) is 4.49. The number of amides is 1. The number of fused-ring (bicyclic) bond motifs is 1. The van der Waals surface area contributed by atoms with Crippen LogP contribution in [0.15, 0.2) is 41.6 Å². The summed E-state index contributed by atoms with van der Waals surface area (Å²) in [6.45, 7) is 0.981. The Morgan fingerprint density at radius 1 is 1.31 bits per heavy atom. The summed E-state index contributed by atoms with van der Waals surface area (Å²) in [5.74, 6) is -0.128. The molecule has 1 fully saturated rings. The molecule has 134 valence electrons. The van der Waals surface area contributed by atoms with E-state index in [0.29, 0.717) is 29.7 Å². The van der Waals surface area contributed by atoms with Gasteiger partial charge in [-0.15, -0.1) is 0 Å². The van der Waals surface area contributed by atoms with Crippen molar-refractivity contribution in [3.05, 3.63) is 58.5 Å². The van der Waals surface area contributed by atoms with E-state index >= 15 is 0 Å². The highest BCUT2D eigenvalue weighted by Crippen LogP contribution is 2.28. The van der Waals surface area contributed by atoms with Gasteiger partial charge in [-0.2, -0.15) is 5.10 Å². The minimum Gasteiger partial charge on any atom is -0.354 e. The SMILES string of the molecule is O=C(NCCn1ncc2c(=O)n(Cc3ccccc3F)cnc21)C1CC1. The van der Waals surface area contributed by atoms with E-state index in [1.165, 1.54) is 23.2 Å². The maximum absolute atomic E-state index is 13.8. The van der Waals surface area contributed by atoms with Gasteiger partial charge < -0.3 is 5.32 Å². The summed E-state index contributed by atoms with van der Waals surface area (Å²) in [5.41, 5.74) is 0.609. The van der Waals surface area contributed by atoms with E-state index in [2.05, 4.69) is 15.4 Å². The summed E-state index contributed by atoms with van der Waals surface area (Å²) in [5, 5.41) is 7.43. The predicted octanol–water partition coefficient (Wildman–Crippen LogP) is 1.31. The average molecular weight is 355 g/mol. The van der Waals surface area contributed by atoms with Crippen LogP contribution < -0.4 is 10.9 Å². The number of aromatic nitrogens is 4. The minimum absolute atomic E-state index is 0.0710. The van der Waals surface area contributed by atoms with E-state index in [1.807, 2.05) is 0 Å². The van der Waals surface area contributed by atoms with E-state index in [9.17, 15) is 14.0 Å². The molecule has 0 spiro atoms. The predicted molar refractivity (Wildman–Crippen MR) is 93.0 cm³/mol. The van der Waals surface area contributed by atoms with Gasteiger partial charge in [-0.05, 0) is 18.9 Å². The van der Waals surface area contributed by atoms with Crippen LogP contribution in [0.4, 0.5) is 4.39 Å². The lowest BCUT2D eigenvalue weighted by Gasteiger charge is -2.08. The third-order valence-corrected chi connectivity index (χ3v) is 4.49. The van der Waals surface area contributed by atoms with Crippen LogP contribution in [0.3, 0.4) is 0 Å². The normalized spacial score (nSPS) is 13.9. The molecule has 1 aliphatic rings. The van der Waals surface area contributed by atoms with Gasteiger partial charge in [0.2, 0.25) is 5.91 Å². The molecule has 26 heavy (non-hydrogen) atoms. The Kier molecular flexibility index (Phi) is 4.24. The molecular formula is C18H18FN5O2. The van der Waals surface area contributed by atoms with Gasteiger partial charge in [-0.25, -0.2) is 14.1 Å². The van der Waals surface area contributed by atoms with Crippen molar-refractivity contribution in [2.75, 3.05) is 6.54 Å². The van der Waals surface area contributed by atoms with E-state index in [1.54, 1.807) is 22.9 Å². The molecule has 8 heteroatoms. The van der Waals surface area contributed by atoms with Gasteiger partial charge in [0.05, 0.1) is 19.3 Å². The molecule has 1 aliphatic carbocycles. The molecule has 1 N–H and O–H groups in total. The first-order chi connectivity index (χ1) is 12.6. The van der Waals surface area contributed by atoms with Crippen LogP contribution in [-0.2, 0) is 17.9 Å². The standard InChI is InChI=1S/C18H18FN5O2/c19-15-4-2-1-3-13(15)10-23-11-21-16-14(18(23)26)9-22-24(16)8-7-20-17(25)12-5-6-12/h1-4,9,11-12H,5-8,10H2,(H,20,25). The molecule has 0 atom stereocenters. The number of hydrogen-bond donors (Lipinski definition) is 1. The van der Waals surface area contributed by atoms with E-state index in [0.717, 1.165) is 12.8 Å². The molecule has 1 aromatic carbocycles. The Hall–Kier alpha value is -3.03. The van der Waals surface area contributed by atoms with Gasteiger partial charge in [0.25, 0.3) is 5.56 Å². The molecule has 4 rings (SSSR count). The maximum atomic E-state index is 13.8. The van der Waals surface area contributed by atoms with Crippen molar-refractivity contribution in [2.45, 2.75) is 25.9 Å². The molecule has 2 heterocycles. The minimum atomic E-state index is -0.360. The maximum Gasteiger partial charge on any atom is 0.264 e. The fourth-order valence-electron chi connectivity index (χ4n) is 2.86. The fourth-order valence-corrected chi connectivity index (χ4v) is 2.86. The number of nitrogens with one attached hydrogen (secondary N) is 1. The van der Waals surface area contributed by atoms with Gasteiger partial charge in [0.1, 0.15) is 17.5 Å². The molecule has 0 bridgehead atoms. The lowest BCUT2D eigenvalue weighted by molar-refractivity contribution is -0.122. The summed E-state index contributed by atoms with van der Waals surface area (Å²) in [6.07, 6.45) is 4.78. The van der Waals surface area contributed by atoms with E-state index < -0.39 is 0 Å². The number of halogens is 1. The van der Waals surface area contributed by atoms with Crippen molar-refractivity contribution in [1.82, 2.24) is 24.6 Å². The lowest BCUT2D eigenvalue weighted by Crippen LogP contribution is -2.28. The Morgan fingerprint density at radius 2 is 2.12 bits per heavy atom. The van der Waals surface area contributed by atoms with Crippen LogP contribution in [0.5, 0.6) is 0 Å². The van der Waals surface area contributed by atoms with Crippen LogP contribution in [-0.4, -0.2) is 31.8 Å². The molecule has 0 unspecified atom stereocenters. The Bertz CT molecular complexity index is 1020. The first-order valence-electron chi connectivity index (χ1n) is 8.55. The first-order valence-corrected chi connectivity index (χ1v) is 8.55. The van der Waals surface area contributed by atoms with Gasteiger partial charge >= 0.3 is 0 Å². The number of carbonyl (C=O) groups excluding carboxylic acids is 1. The van der Waals surface area contributed by atoms with Crippen molar-refractivity contribution in [3.63, 3.8) is 0 Å². The zero-order chi connectivity index (χ0) is 18.1. The summed E-state index contributed by atoms with van der Waals surface area (Å²) >= 11 is 0. The van der Waals surface area contributed by atoms with Crippen molar-refractivity contribution >= 4 is 16.9 Å². The highest BCUT2D eigenvalue weighted by molar-refractivity contribution is 5.80. The number of rotatable bonds is 6. The summed E-state index contributed by atoms with van der Waals surface area (Å²) in [6, 6.07) is 6.33. The lowest BCUT2D eigenvalue weighted by atomic mass is 10.2. The van der Waals surface area contributed by atoms with Crippen molar-refractivity contribution in [1.29, 1.82) is 0 Å². The van der Waals surface area contributed by atoms with Crippen LogP contribution in [0.1, 0.15) is 18.4 Å². The highest BCUT2D eigenvalue weighted by Gasteiger charge is 2.29. The van der Waals surface area contributed by atoms with Crippen LogP contribution >= 0.6 is 0 Å². The van der Waals surface area contributed by atoms with Gasteiger partial charge in [0, 0.05) is 18.0 Å². The summed E-state index contributed by atoms with van der Waals surface area (Å²) in [4.78, 5) is 28.6. The van der Waals surface area contributed by atoms with Gasteiger partial charge in [0.15, 0.2) is 5.65 Å². The second kappa shape index (κ2) is 6.70. The van der Waals surface area contributed by atoms with Crippen LogP contribution in [0.25, 0.3) is 11.0 Å². The zero-order valence-corrected chi connectivity index (χ0v) is 14.1. The smallest absolute Gasteiger partial charge is 0.264 e. The Labute approximate surface area is 148 Å². The molecule has 2 aromatic heterocycles. The molecule has 1 saturated carbocycles. The first kappa shape index (κ1) is 16.4. The van der Waals surface area contributed by atoms with Crippen molar-refractivity contribution in [2.24, 2.45) is 5.92 Å². The van der Waals surface area contributed by atoms with Gasteiger partial charge in [-0.3, -0.25) is 14.2 Å². The molecule has 0 aliphatic heterocycles. The average Bonchev–Trinajstić information content (AvgIpc) is 3.41. The van der Waals surface area contributed by atoms with E-state index in [4.69, 9.17) is 0 Å². The molecule has 1 amide bonds. The second-order valence-corrected chi connectivity index (χ2v) is 6.44. The summed E-state index contributed by atoms with van der Waals surface area (Å²) < 4.78 is 16.8. The quantitative estimate of drug-likeness (QED) is 0.723.